The zero-order chi connectivity index (χ0) is 14.8. The summed E-state index contributed by atoms with van der Waals surface area (Å²) in [6.07, 6.45) is 2.28. The number of amides is 1. The van der Waals surface area contributed by atoms with Crippen LogP contribution >= 0.6 is 0 Å². The van der Waals surface area contributed by atoms with Crippen molar-refractivity contribution in [1.29, 1.82) is 0 Å². The van der Waals surface area contributed by atoms with Crippen LogP contribution in [-0.2, 0) is 11.3 Å². The van der Waals surface area contributed by atoms with Crippen molar-refractivity contribution in [3.63, 3.8) is 0 Å². The van der Waals surface area contributed by atoms with Crippen molar-refractivity contribution in [1.82, 2.24) is 20.3 Å². The van der Waals surface area contributed by atoms with E-state index in [2.05, 4.69) is 20.3 Å². The molecule has 1 atom stereocenters. The highest BCUT2D eigenvalue weighted by molar-refractivity contribution is 5.81. The number of carbonyl (C=O) groups is 1. The molecule has 2 heterocycles. The Balaban J connectivity index is 1.44. The molecule has 1 aliphatic heterocycles. The van der Waals surface area contributed by atoms with Crippen LogP contribution in [-0.4, -0.2) is 59.1 Å². The molecule has 1 saturated carbocycles. The molecule has 1 saturated heterocycles. The Morgan fingerprint density at radius 3 is 2.71 bits per heavy atom. The largest absolute Gasteiger partial charge is 0.360 e. The van der Waals surface area contributed by atoms with Crippen LogP contribution in [0.4, 0.5) is 0 Å². The van der Waals surface area contributed by atoms with E-state index >= 15 is 0 Å². The van der Waals surface area contributed by atoms with Gasteiger partial charge in [-0.3, -0.25) is 14.6 Å². The third kappa shape index (κ3) is 3.83. The van der Waals surface area contributed by atoms with Crippen LogP contribution in [0, 0.1) is 6.92 Å². The maximum Gasteiger partial charge on any atom is 0.237 e. The van der Waals surface area contributed by atoms with Crippen LogP contribution in [0.1, 0.15) is 31.2 Å². The summed E-state index contributed by atoms with van der Waals surface area (Å²) in [7, 11) is 0. The molecule has 3 rings (SSSR count). The van der Waals surface area contributed by atoms with Gasteiger partial charge in [-0.15, -0.1) is 0 Å². The van der Waals surface area contributed by atoms with Crippen molar-refractivity contribution in [2.45, 2.75) is 45.3 Å². The molecule has 2 fully saturated rings. The highest BCUT2D eigenvalue weighted by atomic mass is 16.5. The van der Waals surface area contributed by atoms with E-state index in [4.69, 9.17) is 4.52 Å². The number of nitrogens with one attached hydrogen (secondary N) is 1. The number of rotatable bonds is 5. The first-order valence-electron chi connectivity index (χ1n) is 7.81. The van der Waals surface area contributed by atoms with Crippen molar-refractivity contribution in [3.8, 4) is 0 Å². The van der Waals surface area contributed by atoms with Crippen molar-refractivity contribution in [3.05, 3.63) is 17.5 Å². The number of piperazine rings is 1. The minimum Gasteiger partial charge on any atom is -0.360 e. The Labute approximate surface area is 125 Å². The van der Waals surface area contributed by atoms with Crippen LogP contribution in [0.15, 0.2) is 10.6 Å². The van der Waals surface area contributed by atoms with Crippen LogP contribution < -0.4 is 5.32 Å². The molecule has 2 aliphatic rings. The predicted octanol–water partition coefficient (Wildman–Crippen LogP) is 0.768. The van der Waals surface area contributed by atoms with Crippen molar-refractivity contribution < 1.29 is 9.32 Å². The topological polar surface area (TPSA) is 61.6 Å². The van der Waals surface area contributed by atoms with E-state index in [1.807, 2.05) is 19.9 Å². The number of aromatic nitrogens is 1. The lowest BCUT2D eigenvalue weighted by atomic mass is 10.2. The molecule has 0 spiro atoms. The quantitative estimate of drug-likeness (QED) is 0.868. The van der Waals surface area contributed by atoms with Gasteiger partial charge in [-0.1, -0.05) is 5.16 Å². The van der Waals surface area contributed by atoms with Gasteiger partial charge in [0.15, 0.2) is 5.76 Å². The molecule has 0 radical (unpaired) electrons. The van der Waals surface area contributed by atoms with E-state index in [-0.39, 0.29) is 11.9 Å². The third-order valence-corrected chi connectivity index (χ3v) is 4.31. The molecule has 6 heteroatoms. The van der Waals surface area contributed by atoms with Gasteiger partial charge in [-0.05, 0) is 26.7 Å². The first-order chi connectivity index (χ1) is 10.1. The number of hydrogen-bond acceptors (Lipinski definition) is 5. The molecule has 1 aliphatic carbocycles. The molecule has 6 nitrogen and oxygen atoms in total. The summed E-state index contributed by atoms with van der Waals surface area (Å²) in [5.74, 6) is 1.09. The SMILES string of the molecule is Cc1cc(CN2CCN(C(C)C(=O)NC3CC3)CC2)on1. The average Bonchev–Trinajstić information content (AvgIpc) is 3.20. The van der Waals surface area contributed by atoms with Gasteiger partial charge in [0, 0.05) is 38.3 Å². The minimum atomic E-state index is -0.0275. The number of carbonyl (C=O) groups excluding carboxylic acids is 1. The number of nitrogens with zero attached hydrogens (tertiary/aromatic N) is 3. The van der Waals surface area contributed by atoms with E-state index in [1.165, 1.54) is 0 Å². The maximum absolute atomic E-state index is 12.1. The van der Waals surface area contributed by atoms with Crippen LogP contribution in [0.2, 0.25) is 0 Å². The molecule has 0 bridgehead atoms. The molecular weight excluding hydrogens is 268 g/mol. The zero-order valence-corrected chi connectivity index (χ0v) is 12.8. The van der Waals surface area contributed by atoms with Crippen LogP contribution in [0.25, 0.3) is 0 Å². The average molecular weight is 292 g/mol. The normalized spacial score (nSPS) is 22.2. The second-order valence-electron chi connectivity index (χ2n) is 6.21. The highest BCUT2D eigenvalue weighted by Crippen LogP contribution is 2.19. The molecule has 1 N–H and O–H groups in total. The summed E-state index contributed by atoms with van der Waals surface area (Å²) in [6, 6.07) is 2.40. The van der Waals surface area contributed by atoms with Gasteiger partial charge in [-0.2, -0.15) is 0 Å². The Morgan fingerprint density at radius 2 is 2.14 bits per heavy atom. The van der Waals surface area contributed by atoms with Gasteiger partial charge in [0.05, 0.1) is 18.3 Å². The fourth-order valence-electron chi connectivity index (χ4n) is 2.74. The molecular formula is C15H24N4O2. The summed E-state index contributed by atoms with van der Waals surface area (Å²) < 4.78 is 5.26. The lowest BCUT2D eigenvalue weighted by Gasteiger charge is -2.37. The Morgan fingerprint density at radius 1 is 1.43 bits per heavy atom. The standard InChI is InChI=1S/C15H24N4O2/c1-11-9-14(21-17-11)10-18-5-7-19(8-6-18)12(2)15(20)16-13-3-4-13/h9,12-13H,3-8,10H2,1-2H3,(H,16,20). The summed E-state index contributed by atoms with van der Waals surface area (Å²) in [5.41, 5.74) is 0.925. The Bertz CT molecular complexity index is 490. The summed E-state index contributed by atoms with van der Waals surface area (Å²) in [4.78, 5) is 16.7. The van der Waals surface area contributed by atoms with E-state index in [0.29, 0.717) is 6.04 Å². The molecule has 1 aromatic rings. The van der Waals surface area contributed by atoms with Gasteiger partial charge in [0.2, 0.25) is 5.91 Å². The van der Waals surface area contributed by atoms with Gasteiger partial charge in [0.25, 0.3) is 0 Å². The lowest BCUT2D eigenvalue weighted by Crippen LogP contribution is -2.53. The van der Waals surface area contributed by atoms with Crippen LogP contribution in [0.5, 0.6) is 0 Å². The van der Waals surface area contributed by atoms with Crippen molar-refractivity contribution in [2.75, 3.05) is 26.2 Å². The van der Waals surface area contributed by atoms with Crippen LogP contribution in [0.3, 0.4) is 0 Å². The molecule has 0 aromatic carbocycles. The second kappa shape index (κ2) is 6.15. The van der Waals surface area contributed by atoms with Crippen molar-refractivity contribution >= 4 is 5.91 Å². The molecule has 1 aromatic heterocycles. The van der Waals surface area contributed by atoms with E-state index < -0.39 is 0 Å². The predicted molar refractivity (Wildman–Crippen MR) is 78.7 cm³/mol. The minimum absolute atomic E-state index is 0.0275. The fraction of sp³-hybridized carbons (Fsp3) is 0.733. The third-order valence-electron chi connectivity index (χ3n) is 4.31. The zero-order valence-electron chi connectivity index (χ0n) is 12.8. The number of aryl methyl sites for hydroxylation is 1. The van der Waals surface area contributed by atoms with E-state index in [0.717, 1.165) is 57.0 Å². The van der Waals surface area contributed by atoms with E-state index in [9.17, 15) is 4.79 Å². The van der Waals surface area contributed by atoms with Gasteiger partial charge in [0.1, 0.15) is 0 Å². The molecule has 1 unspecified atom stereocenters. The first kappa shape index (κ1) is 14.5. The second-order valence-corrected chi connectivity index (χ2v) is 6.21. The Hall–Kier alpha value is -1.40. The molecule has 21 heavy (non-hydrogen) atoms. The molecule has 1 amide bonds. The summed E-state index contributed by atoms with van der Waals surface area (Å²) in [5, 5.41) is 7.00. The highest BCUT2D eigenvalue weighted by Gasteiger charge is 2.30. The first-order valence-corrected chi connectivity index (χ1v) is 7.81. The lowest BCUT2D eigenvalue weighted by molar-refractivity contribution is -0.126. The summed E-state index contributed by atoms with van der Waals surface area (Å²) in [6.45, 7) is 8.51. The Kier molecular flexibility index (Phi) is 4.26. The smallest absolute Gasteiger partial charge is 0.237 e. The van der Waals surface area contributed by atoms with Gasteiger partial charge >= 0.3 is 0 Å². The monoisotopic (exact) mass is 292 g/mol. The van der Waals surface area contributed by atoms with E-state index in [1.54, 1.807) is 0 Å². The van der Waals surface area contributed by atoms with Gasteiger partial charge in [-0.25, -0.2) is 0 Å². The fourth-order valence-corrected chi connectivity index (χ4v) is 2.74. The van der Waals surface area contributed by atoms with Gasteiger partial charge < -0.3 is 9.84 Å². The summed E-state index contributed by atoms with van der Waals surface area (Å²) >= 11 is 0. The maximum atomic E-state index is 12.1. The number of hydrogen-bond donors (Lipinski definition) is 1. The van der Waals surface area contributed by atoms with Crippen molar-refractivity contribution in [2.24, 2.45) is 0 Å². The molecule has 116 valence electrons.